The van der Waals surface area contributed by atoms with Crippen molar-refractivity contribution in [2.24, 2.45) is 16.7 Å². The third-order valence-corrected chi connectivity index (χ3v) is 9.20. The van der Waals surface area contributed by atoms with Gasteiger partial charge in [0.05, 0.1) is 16.4 Å². The predicted octanol–water partition coefficient (Wildman–Crippen LogP) is 8.29. The zero-order valence-electron chi connectivity index (χ0n) is 30.7. The molecule has 2 aliphatic rings. The lowest BCUT2D eigenvalue weighted by Crippen LogP contribution is -2.33. The fraction of sp³-hybridized carbons (Fsp3) is 0.450. The van der Waals surface area contributed by atoms with Crippen molar-refractivity contribution in [2.75, 3.05) is 25.6 Å². The van der Waals surface area contributed by atoms with Crippen LogP contribution in [0, 0.1) is 16.7 Å². The Kier molecular flexibility index (Phi) is 11.1. The summed E-state index contributed by atoms with van der Waals surface area (Å²) < 4.78 is 29.4. The Bertz CT molecular complexity index is 1750. The van der Waals surface area contributed by atoms with Gasteiger partial charge in [0.2, 0.25) is 0 Å². The number of carbonyl (C=O) groups excluding carboxylic acids is 3. The highest BCUT2D eigenvalue weighted by Gasteiger charge is 2.54. The number of fused-ring (bicyclic) bond motifs is 6. The van der Waals surface area contributed by atoms with Crippen LogP contribution in [0.25, 0.3) is 0 Å². The van der Waals surface area contributed by atoms with Crippen LogP contribution in [0.15, 0.2) is 54.6 Å². The second kappa shape index (κ2) is 15.0. The number of hydrogen-bond acceptors (Lipinski definition) is 9. The molecule has 1 unspecified atom stereocenters. The van der Waals surface area contributed by atoms with Crippen LogP contribution in [0.5, 0.6) is 23.0 Å². The zero-order chi connectivity index (χ0) is 37.1. The van der Waals surface area contributed by atoms with Gasteiger partial charge >= 0.3 is 17.9 Å². The molecule has 0 fully saturated rings. The minimum Gasteiger partial charge on any atom is -0.456 e. The van der Waals surface area contributed by atoms with Crippen LogP contribution in [-0.2, 0) is 24.7 Å². The van der Waals surface area contributed by atoms with Crippen molar-refractivity contribution in [2.45, 2.75) is 79.8 Å². The van der Waals surface area contributed by atoms with Gasteiger partial charge in [-0.05, 0) is 109 Å². The number of ether oxygens (including phenoxy) is 5. The van der Waals surface area contributed by atoms with E-state index in [1.54, 1.807) is 91.1 Å². The molecule has 272 valence electrons. The Morgan fingerprint density at radius 1 is 0.843 bits per heavy atom. The number of carbonyl (C=O) groups is 3. The maximum atomic E-state index is 13.7. The van der Waals surface area contributed by atoms with Crippen LogP contribution in [0.2, 0.25) is 0 Å². The maximum Gasteiger partial charge on any atom is 0.340 e. The number of anilines is 1. The quantitative estimate of drug-likeness (QED) is 0.0863. The summed E-state index contributed by atoms with van der Waals surface area (Å²) in [5, 5.41) is 6.91. The van der Waals surface area contributed by atoms with Crippen LogP contribution < -0.4 is 24.8 Å². The van der Waals surface area contributed by atoms with Crippen molar-refractivity contribution < 1.29 is 38.1 Å². The van der Waals surface area contributed by atoms with E-state index in [4.69, 9.17) is 35.9 Å². The highest BCUT2D eigenvalue weighted by atomic mass is 32.1. The monoisotopic (exact) mass is 716 g/mol. The average molecular weight is 717 g/mol. The van der Waals surface area contributed by atoms with Crippen molar-refractivity contribution in [1.82, 2.24) is 5.32 Å². The van der Waals surface area contributed by atoms with Crippen LogP contribution >= 0.6 is 12.2 Å². The summed E-state index contributed by atoms with van der Waals surface area (Å²) in [5.74, 6) is 0.387. The summed E-state index contributed by atoms with van der Waals surface area (Å²) in [6.07, 6.45) is 4.23. The molecular formula is C40H48N2O8S. The smallest absolute Gasteiger partial charge is 0.340 e. The van der Waals surface area contributed by atoms with Crippen molar-refractivity contribution in [3.05, 3.63) is 76.9 Å². The average Bonchev–Trinajstić information content (AvgIpc) is 3.34. The van der Waals surface area contributed by atoms with Gasteiger partial charge in [-0.3, -0.25) is 9.59 Å². The maximum absolute atomic E-state index is 13.7. The Balaban J connectivity index is 1.44. The number of methoxy groups -OCH3 is 1. The highest BCUT2D eigenvalue weighted by molar-refractivity contribution is 7.80. The fourth-order valence-electron chi connectivity index (χ4n) is 5.99. The van der Waals surface area contributed by atoms with Crippen LogP contribution in [0.3, 0.4) is 0 Å². The van der Waals surface area contributed by atoms with Gasteiger partial charge in [0.1, 0.15) is 23.0 Å². The van der Waals surface area contributed by atoms with Crippen molar-refractivity contribution in [3.8, 4) is 23.0 Å². The zero-order valence-corrected chi connectivity index (χ0v) is 31.5. The van der Waals surface area contributed by atoms with Gasteiger partial charge < -0.3 is 34.3 Å². The lowest BCUT2D eigenvalue weighted by Gasteiger charge is -2.36. The summed E-state index contributed by atoms with van der Waals surface area (Å²) >= 11 is 5.56. The first kappa shape index (κ1) is 37.8. The van der Waals surface area contributed by atoms with Gasteiger partial charge in [-0.2, -0.15) is 0 Å². The molecule has 3 aromatic rings. The van der Waals surface area contributed by atoms with E-state index in [-0.39, 0.29) is 11.5 Å². The van der Waals surface area contributed by atoms with E-state index in [0.717, 1.165) is 38.8 Å². The molecule has 1 atom stereocenters. The standard InChI is InChI=1S/C40H48N2O8S/c1-9-24(23-46-8)12-10-11-19-41-37(51)42-25-13-16-29-28(20-25)34(43)50-40(29)30-17-14-26(47-35(44)38(2,3)4)21-32(30)49-33-22-27(15-18-31(33)40)48-36(45)39(5,6)7/h13-18,20-22,24H,9-12,19,23H2,1-8H3,(H2,41,42,51). The molecule has 0 aliphatic carbocycles. The Morgan fingerprint density at radius 2 is 1.41 bits per heavy atom. The summed E-state index contributed by atoms with van der Waals surface area (Å²) in [6, 6.07) is 15.4. The number of rotatable bonds is 11. The molecule has 3 aromatic carbocycles. The third kappa shape index (κ3) is 8.20. The number of unbranched alkanes of at least 4 members (excludes halogenated alkanes) is 1. The Morgan fingerprint density at radius 3 is 1.94 bits per heavy atom. The predicted molar refractivity (Wildman–Crippen MR) is 199 cm³/mol. The first-order valence-electron chi connectivity index (χ1n) is 17.4. The topological polar surface area (TPSA) is 121 Å². The van der Waals surface area contributed by atoms with Gasteiger partial charge in [-0.25, -0.2) is 4.79 Å². The number of benzene rings is 3. The largest absolute Gasteiger partial charge is 0.456 e. The molecule has 2 N–H and O–H groups in total. The minimum absolute atomic E-state index is 0.271. The Hall–Kier alpha value is -4.48. The molecule has 0 saturated heterocycles. The van der Waals surface area contributed by atoms with E-state index in [1.165, 1.54) is 0 Å². The molecule has 2 aliphatic heterocycles. The number of nitrogens with one attached hydrogen (secondary N) is 2. The number of thiocarbonyl (C=S) groups is 1. The normalized spacial score (nSPS) is 14.7. The van der Waals surface area contributed by atoms with Gasteiger partial charge in [0.15, 0.2) is 10.7 Å². The number of esters is 3. The van der Waals surface area contributed by atoms with E-state index in [0.29, 0.717) is 50.5 Å². The highest BCUT2D eigenvalue weighted by Crippen LogP contribution is 2.57. The third-order valence-electron chi connectivity index (χ3n) is 8.96. The molecule has 5 rings (SSSR count). The van der Waals surface area contributed by atoms with Gasteiger partial charge in [0, 0.05) is 54.8 Å². The van der Waals surface area contributed by atoms with Crippen molar-refractivity contribution in [1.29, 1.82) is 0 Å². The van der Waals surface area contributed by atoms with Crippen LogP contribution in [0.1, 0.15) is 101 Å². The van der Waals surface area contributed by atoms with E-state index in [9.17, 15) is 14.4 Å². The van der Waals surface area contributed by atoms with E-state index >= 15 is 0 Å². The summed E-state index contributed by atoms with van der Waals surface area (Å²) in [4.78, 5) is 39.2. The summed E-state index contributed by atoms with van der Waals surface area (Å²) in [6.45, 7) is 14.3. The molecule has 11 heteroatoms. The molecule has 1 spiro atoms. The lowest BCUT2D eigenvalue weighted by molar-refractivity contribution is -0.143. The SMILES string of the molecule is CCC(CCCCNC(=S)Nc1ccc2c(c1)C(=O)OC21c2ccc(OC(=O)C(C)(C)C)cc2Oc2cc(OC(=O)C(C)(C)C)ccc21)COC. The van der Waals surface area contributed by atoms with Gasteiger partial charge in [-0.15, -0.1) is 0 Å². The van der Waals surface area contributed by atoms with Crippen molar-refractivity contribution in [3.63, 3.8) is 0 Å². The first-order chi connectivity index (χ1) is 24.1. The molecule has 51 heavy (non-hydrogen) atoms. The molecule has 0 bridgehead atoms. The first-order valence-corrected chi connectivity index (χ1v) is 17.8. The van der Waals surface area contributed by atoms with E-state index < -0.39 is 34.3 Å². The Labute approximate surface area is 305 Å². The van der Waals surface area contributed by atoms with E-state index in [1.807, 2.05) is 12.1 Å². The summed E-state index contributed by atoms with van der Waals surface area (Å²) in [7, 11) is 1.74. The molecular weight excluding hydrogens is 669 g/mol. The fourth-order valence-corrected chi connectivity index (χ4v) is 6.21. The molecule has 0 radical (unpaired) electrons. The van der Waals surface area contributed by atoms with Crippen LogP contribution in [0.4, 0.5) is 5.69 Å². The molecule has 0 aromatic heterocycles. The second-order valence-corrected chi connectivity index (χ2v) is 15.5. The molecule has 0 saturated carbocycles. The number of hydrogen-bond donors (Lipinski definition) is 2. The van der Waals surface area contributed by atoms with Crippen LogP contribution in [-0.4, -0.2) is 43.3 Å². The summed E-state index contributed by atoms with van der Waals surface area (Å²) in [5.41, 5.74) is -0.181. The van der Waals surface area contributed by atoms with Gasteiger partial charge in [0.25, 0.3) is 0 Å². The van der Waals surface area contributed by atoms with Crippen molar-refractivity contribution >= 4 is 40.9 Å². The second-order valence-electron chi connectivity index (χ2n) is 15.1. The van der Waals surface area contributed by atoms with E-state index in [2.05, 4.69) is 17.6 Å². The lowest BCUT2D eigenvalue weighted by atomic mass is 9.77. The molecule has 10 nitrogen and oxygen atoms in total. The van der Waals surface area contributed by atoms with Gasteiger partial charge in [-0.1, -0.05) is 25.8 Å². The minimum atomic E-state index is -1.40. The molecule has 2 heterocycles. The molecule has 0 amide bonds.